The van der Waals surface area contributed by atoms with Crippen molar-refractivity contribution in [1.82, 2.24) is 25.8 Å². The molecule has 0 aromatic carbocycles. The second kappa shape index (κ2) is 17.3. The Morgan fingerprint density at radius 2 is 1.59 bits per heavy atom. The van der Waals surface area contributed by atoms with Crippen molar-refractivity contribution in [3.8, 4) is 0 Å². The molecule has 5 amide bonds. The van der Waals surface area contributed by atoms with Crippen molar-refractivity contribution in [2.75, 3.05) is 6.54 Å². The molecule has 0 spiro atoms. The summed E-state index contributed by atoms with van der Waals surface area (Å²) in [6.07, 6.45) is 11.5. The van der Waals surface area contributed by atoms with Gasteiger partial charge in [-0.1, -0.05) is 85.5 Å². The molecule has 3 fully saturated rings. The van der Waals surface area contributed by atoms with Gasteiger partial charge in [0, 0.05) is 12.6 Å². The lowest BCUT2D eigenvalue weighted by Crippen LogP contribution is -2.62. The van der Waals surface area contributed by atoms with Crippen molar-refractivity contribution in [2.45, 2.75) is 135 Å². The summed E-state index contributed by atoms with van der Waals surface area (Å²) in [6, 6.07) is -3.02. The molecule has 0 unspecified atom stereocenters. The summed E-state index contributed by atoms with van der Waals surface area (Å²) in [5.74, 6) is -4.41. The van der Waals surface area contributed by atoms with Crippen LogP contribution in [0.15, 0.2) is 12.3 Å². The number of hydrogen-bond acceptors (Lipinski definition) is 8. The maximum absolute atomic E-state index is 14.7. The number of carbonyl (C=O) groups excluding carboxylic acids is 6. The van der Waals surface area contributed by atoms with Gasteiger partial charge in [0.05, 0.1) is 17.2 Å². The summed E-state index contributed by atoms with van der Waals surface area (Å²) in [4.78, 5) is 95.5. The van der Waals surface area contributed by atoms with Crippen LogP contribution in [0.1, 0.15) is 122 Å². The van der Waals surface area contributed by atoms with Crippen molar-refractivity contribution < 1.29 is 33.7 Å². The monoisotopic (exact) mass is 713 g/mol. The molecule has 4 rings (SSSR count). The van der Waals surface area contributed by atoms with Crippen molar-refractivity contribution in [1.29, 1.82) is 0 Å². The number of nitrogens with two attached hydrogens (primary N) is 1. The Morgan fingerprint density at radius 1 is 0.961 bits per heavy atom. The second-order valence-corrected chi connectivity index (χ2v) is 15.6. The van der Waals surface area contributed by atoms with Gasteiger partial charge in [0.2, 0.25) is 23.5 Å². The van der Waals surface area contributed by atoms with Gasteiger partial charge in [-0.25, -0.2) is 0 Å². The van der Waals surface area contributed by atoms with Crippen LogP contribution in [-0.4, -0.2) is 80.8 Å². The number of rotatable bonds is 14. The molecule has 1 saturated heterocycles. The summed E-state index contributed by atoms with van der Waals surface area (Å²) >= 11 is 0. The van der Waals surface area contributed by atoms with Crippen LogP contribution in [0.4, 0.5) is 5.69 Å². The molecule has 3 aliphatic rings. The molecule has 51 heavy (non-hydrogen) atoms. The van der Waals surface area contributed by atoms with E-state index in [1.165, 1.54) is 4.90 Å². The smallest absolute Gasteiger partial charge is 0.287 e. The predicted octanol–water partition coefficient (Wildman–Crippen LogP) is 3.27. The number of nitrogens with one attached hydrogen (secondary N) is 4. The minimum Gasteiger partial charge on any atom is -0.363 e. The number of nitrogens with zero attached hydrogens (tertiary/aromatic N) is 2. The molecule has 0 bridgehead atoms. The lowest BCUT2D eigenvalue weighted by atomic mass is 9.76. The van der Waals surface area contributed by atoms with Gasteiger partial charge in [-0.2, -0.15) is 0 Å². The molecular weight excluding hydrogens is 658 g/mol. The molecule has 1 aliphatic heterocycles. The van der Waals surface area contributed by atoms with Crippen LogP contribution in [-0.2, 0) is 24.0 Å². The highest BCUT2D eigenvalue weighted by molar-refractivity contribution is 6.37. The average molecular weight is 714 g/mol. The van der Waals surface area contributed by atoms with Crippen molar-refractivity contribution in [2.24, 2.45) is 28.9 Å². The molecule has 0 radical (unpaired) electrons. The normalized spacial score (nSPS) is 22.0. The Labute approximate surface area is 299 Å². The number of H-pyrrole nitrogens is 1. The average Bonchev–Trinajstić information content (AvgIpc) is 3.78. The molecule has 2 aliphatic carbocycles. The highest BCUT2D eigenvalue weighted by Gasteiger charge is 2.49. The third kappa shape index (κ3) is 9.73. The Bertz CT molecular complexity index is 1460. The molecule has 282 valence electrons. The van der Waals surface area contributed by atoms with E-state index in [1.54, 1.807) is 0 Å². The molecule has 15 heteroatoms. The first-order valence-electron chi connectivity index (χ1n) is 18.5. The highest BCUT2D eigenvalue weighted by atomic mass is 16.6. The van der Waals surface area contributed by atoms with Gasteiger partial charge in [-0.05, 0) is 48.9 Å². The quantitative estimate of drug-likeness (QED) is 0.109. The number of carbonyl (C=O) groups is 6. The number of aromatic nitrogens is 1. The van der Waals surface area contributed by atoms with Crippen molar-refractivity contribution in [3.63, 3.8) is 0 Å². The van der Waals surface area contributed by atoms with E-state index in [1.807, 2.05) is 27.7 Å². The summed E-state index contributed by atoms with van der Waals surface area (Å²) in [5.41, 5.74) is 4.15. The van der Waals surface area contributed by atoms with Crippen molar-refractivity contribution in [3.05, 3.63) is 28.1 Å². The molecular formula is C36H55N7O8. The number of likely N-dealkylation sites (tertiary alicyclic amines) is 1. The number of aromatic amines is 1. The minimum atomic E-state index is -1.14. The van der Waals surface area contributed by atoms with Gasteiger partial charge in [-0.3, -0.25) is 38.9 Å². The predicted molar refractivity (Wildman–Crippen MR) is 188 cm³/mol. The number of hydrogen-bond donors (Lipinski definition) is 5. The van der Waals surface area contributed by atoms with Crippen molar-refractivity contribution >= 4 is 41.0 Å². The van der Waals surface area contributed by atoms with Crippen LogP contribution in [0, 0.1) is 33.3 Å². The maximum atomic E-state index is 14.7. The van der Waals surface area contributed by atoms with E-state index in [9.17, 15) is 38.9 Å². The molecule has 2 heterocycles. The van der Waals surface area contributed by atoms with Crippen LogP contribution in [0.3, 0.4) is 0 Å². The zero-order valence-electron chi connectivity index (χ0n) is 30.3. The summed E-state index contributed by atoms with van der Waals surface area (Å²) in [5, 5.41) is 19.7. The van der Waals surface area contributed by atoms with Gasteiger partial charge in [-0.15, -0.1) is 0 Å². The Balaban J connectivity index is 1.62. The molecule has 1 aromatic rings. The number of nitro groups is 1. The number of primary amides is 1. The maximum Gasteiger partial charge on any atom is 0.287 e. The SMILES string of the molecule is CCC[C@H](NC(=O)[C@@H]1[C@@H](C2CCCCC2)CCN1C(=O)[C@@H](NC(=O)[C@@H](NC(=O)c1cc([N+](=O)[O-])c[nH]1)C1CCCCC1)C(C)(C)C)C(=O)C(N)=O. The van der Waals surface area contributed by atoms with E-state index in [0.29, 0.717) is 25.7 Å². The Kier molecular flexibility index (Phi) is 13.4. The number of Topliss-reactive ketones (excluding diaryl/α,β-unsaturated/α-hetero) is 1. The molecule has 6 N–H and O–H groups in total. The van der Waals surface area contributed by atoms with Crippen LogP contribution < -0.4 is 21.7 Å². The summed E-state index contributed by atoms with van der Waals surface area (Å²) < 4.78 is 0. The van der Waals surface area contributed by atoms with Crippen LogP contribution in [0.25, 0.3) is 0 Å². The third-order valence-electron chi connectivity index (χ3n) is 10.9. The topological polar surface area (TPSA) is 227 Å². The second-order valence-electron chi connectivity index (χ2n) is 15.6. The summed E-state index contributed by atoms with van der Waals surface area (Å²) in [7, 11) is 0. The van der Waals surface area contributed by atoms with E-state index in [4.69, 9.17) is 5.73 Å². The Hall–Kier alpha value is -4.30. The van der Waals surface area contributed by atoms with E-state index in [2.05, 4.69) is 20.9 Å². The fourth-order valence-corrected chi connectivity index (χ4v) is 8.19. The van der Waals surface area contributed by atoms with Gasteiger partial charge < -0.3 is 31.6 Å². The van der Waals surface area contributed by atoms with E-state index in [0.717, 1.165) is 63.6 Å². The largest absolute Gasteiger partial charge is 0.363 e. The number of amides is 5. The van der Waals surface area contributed by atoms with Gasteiger partial charge in [0.1, 0.15) is 23.8 Å². The lowest BCUT2D eigenvalue weighted by molar-refractivity contribution is -0.384. The fourth-order valence-electron chi connectivity index (χ4n) is 8.19. The lowest BCUT2D eigenvalue weighted by Gasteiger charge is -2.39. The van der Waals surface area contributed by atoms with Crippen LogP contribution in [0.2, 0.25) is 0 Å². The van der Waals surface area contributed by atoms with Gasteiger partial charge >= 0.3 is 0 Å². The molecule has 1 aromatic heterocycles. The highest BCUT2D eigenvalue weighted by Crippen LogP contribution is 2.40. The van der Waals surface area contributed by atoms with Crippen LogP contribution >= 0.6 is 0 Å². The van der Waals surface area contributed by atoms with Gasteiger partial charge in [0.25, 0.3) is 17.5 Å². The first-order chi connectivity index (χ1) is 24.1. The fraction of sp³-hybridized carbons (Fsp3) is 0.722. The molecule has 5 atom stereocenters. The summed E-state index contributed by atoms with van der Waals surface area (Å²) in [6.45, 7) is 7.54. The first kappa shape index (κ1) is 39.5. The minimum absolute atomic E-state index is 0.0605. The zero-order valence-corrected chi connectivity index (χ0v) is 30.3. The van der Waals surface area contributed by atoms with E-state index in [-0.39, 0.29) is 42.1 Å². The number of ketones is 1. The Morgan fingerprint density at radius 3 is 2.14 bits per heavy atom. The van der Waals surface area contributed by atoms with Gasteiger partial charge in [0.15, 0.2) is 0 Å². The third-order valence-corrected chi connectivity index (χ3v) is 10.9. The van der Waals surface area contributed by atoms with Crippen LogP contribution in [0.5, 0.6) is 0 Å². The first-order valence-corrected chi connectivity index (χ1v) is 18.5. The zero-order chi connectivity index (χ0) is 37.5. The van der Waals surface area contributed by atoms with E-state index < -0.39 is 69.8 Å². The molecule has 15 nitrogen and oxygen atoms in total. The molecule has 2 saturated carbocycles. The standard InChI is InChI=1S/C36H55N7O8/c1-5-12-25(29(44)31(37)45)39-34(48)28-24(21-13-8-6-9-14-21)17-18-42(28)35(49)30(36(2,3)4)41-33(47)27(22-15-10-7-11-16-22)40-32(46)26-19-23(20-38-26)43(50)51/h19-22,24-25,27-28,30,38H,5-18H2,1-4H3,(H2,37,45)(H,39,48)(H,40,46)(H,41,47)/t24-,25+,27+,28+,30-/m1/s1. The van der Waals surface area contributed by atoms with E-state index >= 15 is 0 Å².